The van der Waals surface area contributed by atoms with E-state index >= 15 is 0 Å². The molecule has 1 saturated heterocycles. The number of esters is 1. The Morgan fingerprint density at radius 3 is 2.46 bits per heavy atom. The summed E-state index contributed by atoms with van der Waals surface area (Å²) in [6.07, 6.45) is 5.11. The first-order valence-corrected chi connectivity index (χ1v) is 13.5. The second-order valence-corrected chi connectivity index (χ2v) is 10.1. The molecule has 7 nitrogen and oxygen atoms in total. The highest BCUT2D eigenvalue weighted by molar-refractivity contribution is 6.03. The second-order valence-electron chi connectivity index (χ2n) is 10.1. The molecule has 5 rings (SSSR count). The Labute approximate surface area is 218 Å². The molecule has 0 bridgehead atoms. The van der Waals surface area contributed by atoms with E-state index in [9.17, 15) is 14.0 Å². The number of aryl methyl sites for hydroxylation is 2. The molecule has 1 atom stereocenters. The molecule has 2 aromatic carbocycles. The van der Waals surface area contributed by atoms with E-state index in [4.69, 9.17) is 9.47 Å². The van der Waals surface area contributed by atoms with Gasteiger partial charge in [0.05, 0.1) is 12.3 Å². The van der Waals surface area contributed by atoms with Crippen molar-refractivity contribution in [2.45, 2.75) is 51.6 Å². The zero-order valence-corrected chi connectivity index (χ0v) is 21.6. The number of piperazine rings is 1. The van der Waals surface area contributed by atoms with Crippen molar-refractivity contribution in [1.82, 2.24) is 4.90 Å². The normalized spacial score (nSPS) is 19.7. The van der Waals surface area contributed by atoms with Crippen LogP contribution in [0.25, 0.3) is 0 Å². The van der Waals surface area contributed by atoms with E-state index in [-0.39, 0.29) is 24.9 Å². The third kappa shape index (κ3) is 5.90. The van der Waals surface area contributed by atoms with Crippen molar-refractivity contribution in [1.29, 1.82) is 0 Å². The molecule has 198 valence electrons. The Hall–Kier alpha value is -3.13. The molecule has 0 radical (unpaired) electrons. The van der Waals surface area contributed by atoms with Crippen LogP contribution >= 0.6 is 0 Å². The number of rotatable bonds is 8. The highest BCUT2D eigenvalue weighted by atomic mass is 19.1. The van der Waals surface area contributed by atoms with Gasteiger partial charge in [-0.3, -0.25) is 19.4 Å². The smallest absolute Gasteiger partial charge is 0.326 e. The molecule has 1 fully saturated rings. The van der Waals surface area contributed by atoms with Crippen molar-refractivity contribution >= 4 is 23.3 Å². The molecule has 0 N–H and O–H groups in total. The van der Waals surface area contributed by atoms with Gasteiger partial charge in [-0.05, 0) is 99.5 Å². The van der Waals surface area contributed by atoms with Crippen LogP contribution in [0.1, 0.15) is 43.7 Å². The van der Waals surface area contributed by atoms with Crippen LogP contribution in [0.2, 0.25) is 0 Å². The first kappa shape index (κ1) is 25.5. The Kier molecular flexibility index (Phi) is 7.93. The molecule has 2 aromatic rings. The quantitative estimate of drug-likeness (QED) is 0.502. The predicted molar refractivity (Wildman–Crippen MR) is 141 cm³/mol. The van der Waals surface area contributed by atoms with Crippen molar-refractivity contribution < 1.29 is 23.5 Å². The molecule has 1 aliphatic carbocycles. The maximum atomic E-state index is 13.4. The first-order valence-electron chi connectivity index (χ1n) is 13.5. The lowest BCUT2D eigenvalue weighted by atomic mass is 9.90. The fraction of sp³-hybridized carbons (Fsp3) is 0.517. The van der Waals surface area contributed by atoms with Gasteiger partial charge in [-0.1, -0.05) is 0 Å². The van der Waals surface area contributed by atoms with E-state index in [1.807, 2.05) is 18.2 Å². The minimum absolute atomic E-state index is 0.0936. The zero-order chi connectivity index (χ0) is 25.8. The number of carbonyl (C=O) groups excluding carboxylic acids is 2. The third-order valence-electron chi connectivity index (χ3n) is 7.62. The van der Waals surface area contributed by atoms with Crippen LogP contribution in [0.5, 0.6) is 5.75 Å². The van der Waals surface area contributed by atoms with E-state index in [1.54, 1.807) is 11.8 Å². The number of ether oxygens (including phenoxy) is 2. The van der Waals surface area contributed by atoms with Gasteiger partial charge in [0.2, 0.25) is 0 Å². The van der Waals surface area contributed by atoms with Gasteiger partial charge >= 0.3 is 5.97 Å². The number of carbonyl (C=O) groups is 2. The van der Waals surface area contributed by atoms with Crippen LogP contribution in [-0.2, 0) is 27.2 Å². The number of fused-ring (bicyclic) bond motifs is 2. The van der Waals surface area contributed by atoms with E-state index < -0.39 is 12.1 Å². The van der Waals surface area contributed by atoms with Crippen molar-refractivity contribution in [2.24, 2.45) is 0 Å². The van der Waals surface area contributed by atoms with Gasteiger partial charge in [0.1, 0.15) is 18.1 Å². The molecule has 3 aliphatic rings. The monoisotopic (exact) mass is 509 g/mol. The Morgan fingerprint density at radius 2 is 1.76 bits per heavy atom. The number of nitrogens with zero attached hydrogens (tertiary/aromatic N) is 3. The van der Waals surface area contributed by atoms with Gasteiger partial charge in [0.15, 0.2) is 6.10 Å². The Balaban J connectivity index is 1.20. The fourth-order valence-corrected chi connectivity index (χ4v) is 5.61. The number of halogens is 1. The average Bonchev–Trinajstić information content (AvgIpc) is 2.91. The molecule has 0 saturated carbocycles. The summed E-state index contributed by atoms with van der Waals surface area (Å²) in [5.41, 5.74) is 4.26. The molecule has 37 heavy (non-hydrogen) atoms. The van der Waals surface area contributed by atoms with E-state index in [0.29, 0.717) is 17.9 Å². The van der Waals surface area contributed by atoms with Crippen LogP contribution in [-0.4, -0.2) is 68.8 Å². The molecule has 1 unspecified atom stereocenters. The lowest BCUT2D eigenvalue weighted by Gasteiger charge is -2.37. The molecule has 1 amide bonds. The summed E-state index contributed by atoms with van der Waals surface area (Å²) in [7, 11) is 0. The standard InChI is InChI=1S/C29H36FN3O4/c1-2-36-28(34)20-33-25-18-21-6-3-4-7-22(21)19-27(25)37-26(29(33)35)8-5-13-31-14-16-32(17-15-31)24-11-9-23(30)10-12-24/h9-12,18-19,26H,2-8,13-17,20H2,1H3. The topological polar surface area (TPSA) is 62.3 Å². The molecule has 2 aliphatic heterocycles. The van der Waals surface area contributed by atoms with E-state index in [1.165, 1.54) is 23.3 Å². The fourth-order valence-electron chi connectivity index (χ4n) is 5.61. The highest BCUT2D eigenvalue weighted by Gasteiger charge is 2.36. The molecule has 0 spiro atoms. The summed E-state index contributed by atoms with van der Waals surface area (Å²) in [5.74, 6) is -0.0932. The lowest BCUT2D eigenvalue weighted by Crippen LogP contribution is -2.49. The minimum Gasteiger partial charge on any atom is -0.478 e. The maximum absolute atomic E-state index is 13.4. The largest absolute Gasteiger partial charge is 0.478 e. The van der Waals surface area contributed by atoms with Crippen LogP contribution in [0.4, 0.5) is 15.8 Å². The van der Waals surface area contributed by atoms with Crippen molar-refractivity contribution in [3.8, 4) is 5.75 Å². The Bertz CT molecular complexity index is 1110. The van der Waals surface area contributed by atoms with Crippen molar-refractivity contribution in [3.05, 3.63) is 53.3 Å². The number of benzene rings is 2. The summed E-state index contributed by atoms with van der Waals surface area (Å²) < 4.78 is 24.6. The SMILES string of the molecule is CCOC(=O)CN1C(=O)C(CCCN2CCN(c3ccc(F)cc3)CC2)Oc2cc3c(cc21)CCCC3. The molecule has 8 heteroatoms. The van der Waals surface area contributed by atoms with Crippen LogP contribution in [0, 0.1) is 5.82 Å². The summed E-state index contributed by atoms with van der Waals surface area (Å²) in [5, 5.41) is 0. The molecule has 0 aromatic heterocycles. The van der Waals surface area contributed by atoms with Crippen LogP contribution in [0.3, 0.4) is 0 Å². The summed E-state index contributed by atoms with van der Waals surface area (Å²) in [6.45, 7) is 6.44. The number of hydrogen-bond donors (Lipinski definition) is 0. The first-order chi connectivity index (χ1) is 18.0. The minimum atomic E-state index is -0.607. The van der Waals surface area contributed by atoms with Gasteiger partial charge in [-0.15, -0.1) is 0 Å². The average molecular weight is 510 g/mol. The van der Waals surface area contributed by atoms with Gasteiger partial charge < -0.3 is 14.4 Å². The summed E-state index contributed by atoms with van der Waals surface area (Å²) in [4.78, 5) is 32.0. The molecular formula is C29H36FN3O4. The summed E-state index contributed by atoms with van der Waals surface area (Å²) in [6, 6.07) is 10.8. The Morgan fingerprint density at radius 1 is 1.05 bits per heavy atom. The van der Waals surface area contributed by atoms with Crippen LogP contribution in [0.15, 0.2) is 36.4 Å². The maximum Gasteiger partial charge on any atom is 0.326 e. The van der Waals surface area contributed by atoms with Gasteiger partial charge in [-0.2, -0.15) is 0 Å². The third-order valence-corrected chi connectivity index (χ3v) is 7.62. The number of hydrogen-bond acceptors (Lipinski definition) is 6. The second kappa shape index (κ2) is 11.5. The van der Waals surface area contributed by atoms with Crippen LogP contribution < -0.4 is 14.5 Å². The predicted octanol–water partition coefficient (Wildman–Crippen LogP) is 3.96. The zero-order valence-electron chi connectivity index (χ0n) is 21.6. The number of amides is 1. The van der Waals surface area contributed by atoms with Gasteiger partial charge in [-0.25, -0.2) is 4.39 Å². The van der Waals surface area contributed by atoms with Crippen molar-refractivity contribution in [3.63, 3.8) is 0 Å². The van der Waals surface area contributed by atoms with E-state index in [0.717, 1.165) is 70.5 Å². The molecule has 2 heterocycles. The number of anilines is 2. The van der Waals surface area contributed by atoms with Gasteiger partial charge in [0.25, 0.3) is 5.91 Å². The van der Waals surface area contributed by atoms with Gasteiger partial charge in [0, 0.05) is 31.9 Å². The van der Waals surface area contributed by atoms with Crippen molar-refractivity contribution in [2.75, 3.05) is 55.7 Å². The summed E-state index contributed by atoms with van der Waals surface area (Å²) >= 11 is 0. The highest BCUT2D eigenvalue weighted by Crippen LogP contribution is 2.39. The van der Waals surface area contributed by atoms with E-state index in [2.05, 4.69) is 15.9 Å². The molecular weight excluding hydrogens is 473 g/mol. The lowest BCUT2D eigenvalue weighted by molar-refractivity contribution is -0.143.